The lowest BCUT2D eigenvalue weighted by atomic mass is 10.2. The molecule has 0 aromatic carbocycles. The smallest absolute Gasteiger partial charge is 0.335 e. The maximum atomic E-state index is 12.0. The van der Waals surface area contributed by atoms with Gasteiger partial charge in [-0.2, -0.15) is 13.2 Å². The number of carbonyl (C=O) groups is 1. The Balaban J connectivity index is 2.64. The molecule has 0 fully saturated rings. The van der Waals surface area contributed by atoms with Gasteiger partial charge in [-0.15, -0.1) is 11.3 Å². The third-order valence-electron chi connectivity index (χ3n) is 1.91. The molecule has 0 bridgehead atoms. The summed E-state index contributed by atoms with van der Waals surface area (Å²) in [6.45, 7) is -1.29. The minimum absolute atomic E-state index is 0.555. The van der Waals surface area contributed by atoms with Crippen LogP contribution in [0.15, 0.2) is 17.5 Å². The van der Waals surface area contributed by atoms with Gasteiger partial charge in [0.15, 0.2) is 0 Å². The average Bonchev–Trinajstić information content (AvgIpc) is 2.65. The zero-order chi connectivity index (χ0) is 12.3. The van der Waals surface area contributed by atoms with Gasteiger partial charge in [-0.3, -0.25) is 4.79 Å². The number of carbonyl (C=O) groups excluding carboxylic acids is 1. The van der Waals surface area contributed by atoms with Crippen LogP contribution in [0, 0.1) is 0 Å². The first kappa shape index (κ1) is 13.0. The van der Waals surface area contributed by atoms with Crippen molar-refractivity contribution in [3.05, 3.63) is 22.4 Å². The lowest BCUT2D eigenvalue weighted by Gasteiger charge is -2.21. The monoisotopic (exact) mass is 252 g/mol. The lowest BCUT2D eigenvalue weighted by Crippen LogP contribution is -2.40. The van der Waals surface area contributed by atoms with Crippen LogP contribution in [-0.2, 0) is 4.79 Å². The fraction of sp³-hybridized carbons (Fsp3) is 0.444. The molecule has 7 heteroatoms. The van der Waals surface area contributed by atoms with E-state index in [0.717, 1.165) is 7.05 Å². The topological polar surface area (TPSA) is 46.3 Å². The van der Waals surface area contributed by atoms with E-state index >= 15 is 0 Å². The normalized spacial score (nSPS) is 13.6. The fourth-order valence-electron chi connectivity index (χ4n) is 1.17. The van der Waals surface area contributed by atoms with Gasteiger partial charge in [0.25, 0.3) is 0 Å². The second-order valence-electron chi connectivity index (χ2n) is 3.30. The largest absolute Gasteiger partial charge is 0.406 e. The van der Waals surface area contributed by atoms with Gasteiger partial charge >= 0.3 is 6.18 Å². The summed E-state index contributed by atoms with van der Waals surface area (Å²) in [7, 11) is 1.09. The van der Waals surface area contributed by atoms with Crippen molar-refractivity contribution >= 4 is 17.2 Å². The molecule has 3 nitrogen and oxygen atoms in total. The van der Waals surface area contributed by atoms with Crippen molar-refractivity contribution < 1.29 is 18.0 Å². The molecule has 1 atom stereocenters. The van der Waals surface area contributed by atoms with Crippen LogP contribution in [0.5, 0.6) is 0 Å². The maximum absolute atomic E-state index is 12.0. The van der Waals surface area contributed by atoms with Gasteiger partial charge in [0.05, 0.1) is 0 Å². The van der Waals surface area contributed by atoms with Gasteiger partial charge in [-0.05, 0) is 11.4 Å². The van der Waals surface area contributed by atoms with Crippen LogP contribution < -0.4 is 5.73 Å². The minimum Gasteiger partial charge on any atom is -0.335 e. The predicted octanol–water partition coefficient (Wildman–Crippen LogP) is 1.77. The molecule has 90 valence electrons. The number of halogens is 3. The summed E-state index contributed by atoms with van der Waals surface area (Å²) in [6.07, 6.45) is -4.40. The van der Waals surface area contributed by atoms with E-state index in [0.29, 0.717) is 9.78 Å². The standard InChI is InChI=1S/C9H11F3N2OS/c1-14(5-9(10,11)12)8(15)7(13)6-3-2-4-16-6/h2-4,7H,5,13H2,1H3. The van der Waals surface area contributed by atoms with Crippen molar-refractivity contribution in [2.75, 3.05) is 13.6 Å². The van der Waals surface area contributed by atoms with Crippen LogP contribution >= 0.6 is 11.3 Å². The molecule has 1 amide bonds. The minimum atomic E-state index is -4.40. The zero-order valence-electron chi connectivity index (χ0n) is 8.49. The van der Waals surface area contributed by atoms with E-state index < -0.39 is 24.7 Å². The fourth-order valence-corrected chi connectivity index (χ4v) is 1.89. The second kappa shape index (κ2) is 4.84. The van der Waals surface area contributed by atoms with Gasteiger partial charge in [0.2, 0.25) is 5.91 Å². The van der Waals surface area contributed by atoms with E-state index in [1.54, 1.807) is 17.5 Å². The molecule has 1 aromatic heterocycles. The van der Waals surface area contributed by atoms with E-state index in [4.69, 9.17) is 5.73 Å². The lowest BCUT2D eigenvalue weighted by molar-refractivity contribution is -0.159. The number of nitrogens with zero attached hydrogens (tertiary/aromatic N) is 1. The molecule has 16 heavy (non-hydrogen) atoms. The Bertz CT molecular complexity index is 350. The Kier molecular flexibility index (Phi) is 3.93. The Labute approximate surface area is 94.7 Å². The van der Waals surface area contributed by atoms with Gasteiger partial charge in [-0.25, -0.2) is 0 Å². The summed E-state index contributed by atoms with van der Waals surface area (Å²) < 4.78 is 36.1. The molecule has 1 unspecified atom stereocenters. The Morgan fingerprint density at radius 2 is 2.25 bits per heavy atom. The predicted molar refractivity (Wildman–Crippen MR) is 54.9 cm³/mol. The van der Waals surface area contributed by atoms with Crippen molar-refractivity contribution in [2.24, 2.45) is 5.73 Å². The highest BCUT2D eigenvalue weighted by atomic mass is 32.1. The third kappa shape index (κ3) is 3.49. The van der Waals surface area contributed by atoms with Gasteiger partial charge in [0.1, 0.15) is 12.6 Å². The highest BCUT2D eigenvalue weighted by Crippen LogP contribution is 2.21. The highest BCUT2D eigenvalue weighted by molar-refractivity contribution is 7.10. The van der Waals surface area contributed by atoms with E-state index in [2.05, 4.69) is 0 Å². The van der Waals surface area contributed by atoms with Crippen LogP contribution in [0.1, 0.15) is 10.9 Å². The number of nitrogens with two attached hydrogens (primary N) is 1. The molecule has 0 spiro atoms. The summed E-state index contributed by atoms with van der Waals surface area (Å²) in [6, 6.07) is 2.29. The summed E-state index contributed by atoms with van der Waals surface area (Å²) in [5, 5.41) is 1.71. The third-order valence-corrected chi connectivity index (χ3v) is 2.86. The number of alkyl halides is 3. The van der Waals surface area contributed by atoms with Gasteiger partial charge < -0.3 is 10.6 Å². The molecule has 1 aromatic rings. The van der Waals surface area contributed by atoms with E-state index in [1.165, 1.54) is 11.3 Å². The molecule has 0 aliphatic rings. The van der Waals surface area contributed by atoms with E-state index in [1.807, 2.05) is 0 Å². The average molecular weight is 252 g/mol. The SMILES string of the molecule is CN(CC(F)(F)F)C(=O)C(N)c1cccs1. The highest BCUT2D eigenvalue weighted by Gasteiger charge is 2.33. The Morgan fingerprint density at radius 3 is 2.69 bits per heavy atom. The number of hydrogen-bond donors (Lipinski definition) is 1. The first-order valence-corrected chi connectivity index (χ1v) is 5.30. The maximum Gasteiger partial charge on any atom is 0.406 e. The van der Waals surface area contributed by atoms with Crippen molar-refractivity contribution in [3.63, 3.8) is 0 Å². The van der Waals surface area contributed by atoms with Crippen molar-refractivity contribution in [1.82, 2.24) is 4.90 Å². The summed E-state index contributed by atoms with van der Waals surface area (Å²) in [5.41, 5.74) is 5.55. The number of amides is 1. The summed E-state index contributed by atoms with van der Waals surface area (Å²) in [4.78, 5) is 12.7. The second-order valence-corrected chi connectivity index (χ2v) is 4.28. The van der Waals surface area contributed by atoms with Crippen molar-refractivity contribution in [1.29, 1.82) is 0 Å². The van der Waals surface area contributed by atoms with Crippen LogP contribution in [0.2, 0.25) is 0 Å². The quantitative estimate of drug-likeness (QED) is 0.891. The van der Waals surface area contributed by atoms with E-state index in [9.17, 15) is 18.0 Å². The number of thiophene rings is 1. The molecule has 0 aliphatic heterocycles. The molecular weight excluding hydrogens is 241 g/mol. The van der Waals surface area contributed by atoms with Crippen LogP contribution in [0.3, 0.4) is 0 Å². The molecule has 0 saturated carbocycles. The molecule has 2 N–H and O–H groups in total. The first-order chi connectivity index (χ1) is 7.31. The van der Waals surface area contributed by atoms with Crippen LogP contribution in [-0.4, -0.2) is 30.6 Å². The molecule has 1 heterocycles. The van der Waals surface area contributed by atoms with Crippen LogP contribution in [0.25, 0.3) is 0 Å². The van der Waals surface area contributed by atoms with E-state index in [-0.39, 0.29) is 0 Å². The molecular formula is C9H11F3N2OS. The molecule has 0 saturated heterocycles. The Hall–Kier alpha value is -1.08. The molecule has 0 radical (unpaired) electrons. The Morgan fingerprint density at radius 1 is 1.62 bits per heavy atom. The zero-order valence-corrected chi connectivity index (χ0v) is 9.31. The summed E-state index contributed by atoms with van der Waals surface area (Å²) >= 11 is 1.24. The number of rotatable bonds is 3. The summed E-state index contributed by atoms with van der Waals surface area (Å²) in [5.74, 6) is -0.736. The van der Waals surface area contributed by atoms with Gasteiger partial charge in [-0.1, -0.05) is 6.07 Å². The number of likely N-dealkylation sites (N-methyl/N-ethyl adjacent to an activating group) is 1. The molecule has 0 aliphatic carbocycles. The number of hydrogen-bond acceptors (Lipinski definition) is 3. The molecule has 1 rings (SSSR count). The van der Waals surface area contributed by atoms with Crippen molar-refractivity contribution in [2.45, 2.75) is 12.2 Å². The van der Waals surface area contributed by atoms with Crippen molar-refractivity contribution in [3.8, 4) is 0 Å². The first-order valence-electron chi connectivity index (χ1n) is 4.42. The van der Waals surface area contributed by atoms with Crippen LogP contribution in [0.4, 0.5) is 13.2 Å². The van der Waals surface area contributed by atoms with Gasteiger partial charge in [0, 0.05) is 11.9 Å².